The lowest BCUT2D eigenvalue weighted by atomic mass is 10.2. The van der Waals surface area contributed by atoms with Crippen LogP contribution in [0.3, 0.4) is 0 Å². The second kappa shape index (κ2) is 9.98. The van der Waals surface area contributed by atoms with E-state index in [4.69, 9.17) is 4.74 Å². The number of methoxy groups -OCH3 is 1. The number of anilines is 1. The van der Waals surface area contributed by atoms with E-state index in [9.17, 15) is 9.59 Å². The number of unbranched alkanes of at least 4 members (excludes halogenated alkanes) is 1. The van der Waals surface area contributed by atoms with Crippen LogP contribution in [0.1, 0.15) is 25.3 Å². The van der Waals surface area contributed by atoms with Crippen LogP contribution in [0.25, 0.3) is 6.08 Å². The molecule has 1 aliphatic heterocycles. The minimum Gasteiger partial charge on any atom is -0.496 e. The number of para-hydroxylation sites is 1. The van der Waals surface area contributed by atoms with Gasteiger partial charge in [0.1, 0.15) is 12.3 Å². The molecular formula is C22H23BrN2O3S. The number of thioether (sulfide) groups is 1. The lowest BCUT2D eigenvalue weighted by molar-refractivity contribution is -0.122. The van der Waals surface area contributed by atoms with Crippen molar-refractivity contribution in [1.29, 1.82) is 0 Å². The van der Waals surface area contributed by atoms with E-state index in [0.29, 0.717) is 11.4 Å². The van der Waals surface area contributed by atoms with E-state index in [1.807, 2.05) is 48.5 Å². The van der Waals surface area contributed by atoms with Gasteiger partial charge < -0.3 is 10.1 Å². The first-order valence-corrected chi connectivity index (χ1v) is 11.0. The standard InChI is InChI=1S/C22H23BrN2O3S/c1-3-4-11-24-21(26)14-25-17-7-5-6-8-19(17)29-20(22(25)27)13-15-9-10-18(28-2)16(23)12-15/h5-10,12-13H,3-4,11,14H2,1-2H3,(H,24,26)/b20-13+. The molecule has 0 aliphatic carbocycles. The van der Waals surface area contributed by atoms with Gasteiger partial charge in [-0.25, -0.2) is 0 Å². The van der Waals surface area contributed by atoms with E-state index >= 15 is 0 Å². The molecule has 2 aromatic carbocycles. The second-order valence-electron chi connectivity index (χ2n) is 6.57. The van der Waals surface area contributed by atoms with Crippen LogP contribution in [-0.2, 0) is 9.59 Å². The average Bonchev–Trinajstić information content (AvgIpc) is 2.71. The quantitative estimate of drug-likeness (QED) is 0.460. The van der Waals surface area contributed by atoms with Gasteiger partial charge in [0.05, 0.1) is 22.2 Å². The smallest absolute Gasteiger partial charge is 0.265 e. The third kappa shape index (κ3) is 5.22. The van der Waals surface area contributed by atoms with Crippen molar-refractivity contribution in [3.63, 3.8) is 0 Å². The van der Waals surface area contributed by atoms with Gasteiger partial charge in [0.25, 0.3) is 5.91 Å². The summed E-state index contributed by atoms with van der Waals surface area (Å²) in [6.45, 7) is 2.70. The zero-order valence-corrected chi connectivity index (χ0v) is 18.8. The Morgan fingerprint density at radius 3 is 2.79 bits per heavy atom. The molecule has 0 unspecified atom stereocenters. The number of rotatable bonds is 7. The van der Waals surface area contributed by atoms with Crippen molar-refractivity contribution in [2.75, 3.05) is 25.1 Å². The topological polar surface area (TPSA) is 58.6 Å². The van der Waals surface area contributed by atoms with Crippen molar-refractivity contribution >= 4 is 51.3 Å². The lowest BCUT2D eigenvalue weighted by Gasteiger charge is -2.29. The molecule has 0 aromatic heterocycles. The summed E-state index contributed by atoms with van der Waals surface area (Å²) in [5, 5.41) is 2.89. The minimum absolute atomic E-state index is 0.00374. The third-order valence-electron chi connectivity index (χ3n) is 4.46. The summed E-state index contributed by atoms with van der Waals surface area (Å²) in [5.41, 5.74) is 1.64. The van der Waals surface area contributed by atoms with E-state index in [1.54, 1.807) is 12.0 Å². The number of carbonyl (C=O) groups excluding carboxylic acids is 2. The number of hydrogen-bond acceptors (Lipinski definition) is 4. The van der Waals surface area contributed by atoms with E-state index in [1.165, 1.54) is 11.8 Å². The van der Waals surface area contributed by atoms with Gasteiger partial charge in [-0.3, -0.25) is 14.5 Å². The number of carbonyl (C=O) groups is 2. The molecule has 1 N–H and O–H groups in total. The first-order chi connectivity index (χ1) is 14.0. The van der Waals surface area contributed by atoms with Gasteiger partial charge in [-0.2, -0.15) is 0 Å². The molecule has 0 atom stereocenters. The summed E-state index contributed by atoms with van der Waals surface area (Å²) in [6, 6.07) is 13.3. The molecular weight excluding hydrogens is 452 g/mol. The van der Waals surface area contributed by atoms with E-state index in [-0.39, 0.29) is 18.4 Å². The molecule has 2 aromatic rings. The molecule has 0 radical (unpaired) electrons. The van der Waals surface area contributed by atoms with Gasteiger partial charge in [0.15, 0.2) is 0 Å². The van der Waals surface area contributed by atoms with Crippen molar-refractivity contribution in [2.45, 2.75) is 24.7 Å². The number of benzene rings is 2. The molecule has 7 heteroatoms. The van der Waals surface area contributed by atoms with E-state index in [0.717, 1.165) is 39.2 Å². The van der Waals surface area contributed by atoms with E-state index in [2.05, 4.69) is 28.2 Å². The fourth-order valence-electron chi connectivity index (χ4n) is 2.95. The molecule has 0 fully saturated rings. The number of amides is 2. The summed E-state index contributed by atoms with van der Waals surface area (Å²) in [6.07, 6.45) is 3.77. The van der Waals surface area contributed by atoms with Crippen molar-refractivity contribution < 1.29 is 14.3 Å². The molecule has 3 rings (SSSR count). The Morgan fingerprint density at radius 2 is 2.07 bits per heavy atom. The molecule has 2 amide bonds. The summed E-state index contributed by atoms with van der Waals surface area (Å²) >= 11 is 4.90. The third-order valence-corrected chi connectivity index (χ3v) is 6.16. The SMILES string of the molecule is CCCCNC(=O)CN1C(=O)/C(=C\c2ccc(OC)c(Br)c2)Sc2ccccc21. The minimum atomic E-state index is -0.175. The fraction of sp³-hybridized carbons (Fsp3) is 0.273. The van der Waals surface area contributed by atoms with Crippen LogP contribution < -0.4 is 15.0 Å². The molecule has 0 saturated carbocycles. The maximum atomic E-state index is 13.2. The van der Waals surface area contributed by atoms with Crippen molar-refractivity contribution in [3.8, 4) is 5.75 Å². The van der Waals surface area contributed by atoms with Crippen LogP contribution >= 0.6 is 27.7 Å². The molecule has 0 saturated heterocycles. The summed E-state index contributed by atoms with van der Waals surface area (Å²) < 4.78 is 6.08. The van der Waals surface area contributed by atoms with Crippen LogP contribution in [-0.4, -0.2) is 32.0 Å². The van der Waals surface area contributed by atoms with Crippen molar-refractivity contribution in [3.05, 3.63) is 57.4 Å². The Morgan fingerprint density at radius 1 is 1.28 bits per heavy atom. The van der Waals surface area contributed by atoms with Gasteiger partial charge >= 0.3 is 0 Å². The summed E-state index contributed by atoms with van der Waals surface area (Å²) in [4.78, 5) is 28.6. The average molecular weight is 475 g/mol. The first-order valence-electron chi connectivity index (χ1n) is 9.44. The highest BCUT2D eigenvalue weighted by Gasteiger charge is 2.30. The van der Waals surface area contributed by atoms with Crippen LogP contribution in [0, 0.1) is 0 Å². The van der Waals surface area contributed by atoms with Gasteiger partial charge in [-0.15, -0.1) is 0 Å². The molecule has 5 nitrogen and oxygen atoms in total. The first kappa shape index (κ1) is 21.5. The zero-order valence-electron chi connectivity index (χ0n) is 16.4. The normalized spacial score (nSPS) is 14.7. The second-order valence-corrected chi connectivity index (χ2v) is 8.51. The number of halogens is 1. The Bertz CT molecular complexity index is 945. The maximum Gasteiger partial charge on any atom is 0.265 e. The van der Waals surface area contributed by atoms with Gasteiger partial charge in [-0.05, 0) is 58.3 Å². The number of nitrogens with one attached hydrogen (secondary N) is 1. The monoisotopic (exact) mass is 474 g/mol. The summed E-state index contributed by atoms with van der Waals surface area (Å²) in [5.74, 6) is 0.400. The molecule has 1 aliphatic rings. The highest BCUT2D eigenvalue weighted by atomic mass is 79.9. The number of ether oxygens (including phenoxy) is 1. The molecule has 29 heavy (non-hydrogen) atoms. The maximum absolute atomic E-state index is 13.2. The van der Waals surface area contributed by atoms with Gasteiger partial charge in [0, 0.05) is 11.4 Å². The Hall–Kier alpha value is -2.25. The van der Waals surface area contributed by atoms with Crippen LogP contribution in [0.2, 0.25) is 0 Å². The molecule has 1 heterocycles. The number of hydrogen-bond donors (Lipinski definition) is 1. The molecule has 152 valence electrons. The predicted octanol–water partition coefficient (Wildman–Crippen LogP) is 4.85. The number of fused-ring (bicyclic) bond motifs is 1. The summed E-state index contributed by atoms with van der Waals surface area (Å²) in [7, 11) is 1.61. The molecule has 0 bridgehead atoms. The highest BCUT2D eigenvalue weighted by Crippen LogP contribution is 2.42. The van der Waals surface area contributed by atoms with Gasteiger partial charge in [0.2, 0.25) is 5.91 Å². The van der Waals surface area contributed by atoms with Crippen LogP contribution in [0.15, 0.2) is 56.7 Å². The predicted molar refractivity (Wildman–Crippen MR) is 121 cm³/mol. The van der Waals surface area contributed by atoms with Crippen molar-refractivity contribution in [1.82, 2.24) is 5.32 Å². The largest absolute Gasteiger partial charge is 0.496 e. The zero-order chi connectivity index (χ0) is 20.8. The fourth-order valence-corrected chi connectivity index (χ4v) is 4.56. The van der Waals surface area contributed by atoms with Crippen LogP contribution in [0.5, 0.6) is 5.75 Å². The Kier molecular flexibility index (Phi) is 7.39. The highest BCUT2D eigenvalue weighted by molar-refractivity contribution is 9.10. The van der Waals surface area contributed by atoms with Crippen molar-refractivity contribution in [2.24, 2.45) is 0 Å². The van der Waals surface area contributed by atoms with E-state index < -0.39 is 0 Å². The Balaban J connectivity index is 1.88. The number of nitrogens with zero attached hydrogens (tertiary/aromatic N) is 1. The Labute approximate surface area is 183 Å². The molecule has 0 spiro atoms. The lowest BCUT2D eigenvalue weighted by Crippen LogP contribution is -2.42. The van der Waals surface area contributed by atoms with Crippen LogP contribution in [0.4, 0.5) is 5.69 Å². The van der Waals surface area contributed by atoms with Gasteiger partial charge in [-0.1, -0.05) is 43.3 Å².